The summed E-state index contributed by atoms with van der Waals surface area (Å²) in [5.74, 6) is -0.0681. The van der Waals surface area contributed by atoms with Gasteiger partial charge in [0.15, 0.2) is 0 Å². The lowest BCUT2D eigenvalue weighted by atomic mass is 10.1. The fourth-order valence-electron chi connectivity index (χ4n) is 2.85. The van der Waals surface area contributed by atoms with E-state index in [9.17, 15) is 13.6 Å². The van der Waals surface area contributed by atoms with Gasteiger partial charge in [-0.3, -0.25) is 4.79 Å². The minimum atomic E-state index is -2.73. The maximum Gasteiger partial charge on any atom is 0.273 e. The Kier molecular flexibility index (Phi) is 6.59. The Labute approximate surface area is 166 Å². The number of alkyl halides is 2. The van der Waals surface area contributed by atoms with E-state index in [1.165, 1.54) is 0 Å². The number of hydrogen-bond acceptors (Lipinski definition) is 4. The molecule has 0 radical (unpaired) electrons. The van der Waals surface area contributed by atoms with Crippen LogP contribution < -0.4 is 10.1 Å². The van der Waals surface area contributed by atoms with Crippen molar-refractivity contribution in [3.63, 3.8) is 0 Å². The van der Waals surface area contributed by atoms with Crippen LogP contribution in [0.2, 0.25) is 0 Å². The lowest BCUT2D eigenvalue weighted by Crippen LogP contribution is -2.31. The van der Waals surface area contributed by atoms with Gasteiger partial charge < -0.3 is 15.0 Å². The van der Waals surface area contributed by atoms with Gasteiger partial charge in [0.25, 0.3) is 12.3 Å². The molecular formula is C21H22F2N2O2S. The summed E-state index contributed by atoms with van der Waals surface area (Å²) in [5, 5.41) is 3.19. The molecule has 0 spiro atoms. The zero-order valence-corrected chi connectivity index (χ0v) is 16.6. The van der Waals surface area contributed by atoms with Crippen molar-refractivity contribution in [1.29, 1.82) is 0 Å². The number of nitrogens with one attached hydrogen (secondary N) is 1. The molecule has 0 saturated heterocycles. The maximum absolute atomic E-state index is 13.6. The molecule has 0 bridgehead atoms. The number of fused-ring (bicyclic) bond motifs is 1. The number of hydrogen-bond donors (Lipinski definition) is 1. The molecule has 28 heavy (non-hydrogen) atoms. The lowest BCUT2D eigenvalue weighted by molar-refractivity contribution is 0.0941. The zero-order valence-electron chi connectivity index (χ0n) is 15.7. The highest BCUT2D eigenvalue weighted by Gasteiger charge is 2.26. The van der Waals surface area contributed by atoms with Crippen LogP contribution in [0, 0.1) is 0 Å². The molecule has 0 aliphatic heterocycles. The topological polar surface area (TPSA) is 41.6 Å². The first kappa shape index (κ1) is 20.2. The summed E-state index contributed by atoms with van der Waals surface area (Å²) in [6.07, 6.45) is -2.73. The van der Waals surface area contributed by atoms with E-state index in [4.69, 9.17) is 4.74 Å². The minimum absolute atomic E-state index is 0.0115. The van der Waals surface area contributed by atoms with Crippen molar-refractivity contribution in [2.24, 2.45) is 0 Å². The summed E-state index contributed by atoms with van der Waals surface area (Å²) in [4.78, 5) is 14.4. The number of rotatable bonds is 8. The van der Waals surface area contributed by atoms with Crippen LogP contribution in [-0.2, 0) is 6.61 Å². The van der Waals surface area contributed by atoms with E-state index in [1.54, 1.807) is 18.2 Å². The summed E-state index contributed by atoms with van der Waals surface area (Å²) < 4.78 is 33.8. The molecule has 1 N–H and O–H groups in total. The normalized spacial score (nSPS) is 11.4. The van der Waals surface area contributed by atoms with Gasteiger partial charge in [0.05, 0.1) is 10.4 Å². The average molecular weight is 404 g/mol. The number of ether oxygens (including phenoxy) is 1. The third-order valence-corrected chi connectivity index (χ3v) is 5.37. The van der Waals surface area contributed by atoms with Gasteiger partial charge in [-0.15, -0.1) is 11.3 Å². The number of amides is 1. The van der Waals surface area contributed by atoms with Gasteiger partial charge in [-0.25, -0.2) is 8.78 Å². The first-order chi connectivity index (χ1) is 13.5. The third kappa shape index (κ3) is 4.66. The predicted molar refractivity (Wildman–Crippen MR) is 108 cm³/mol. The van der Waals surface area contributed by atoms with E-state index in [0.29, 0.717) is 35.5 Å². The van der Waals surface area contributed by atoms with Crippen molar-refractivity contribution in [1.82, 2.24) is 10.2 Å². The minimum Gasteiger partial charge on any atom is -0.488 e. The highest BCUT2D eigenvalue weighted by Crippen LogP contribution is 2.41. The first-order valence-electron chi connectivity index (χ1n) is 8.90. The van der Waals surface area contributed by atoms with Crippen LogP contribution in [0.15, 0.2) is 48.5 Å². The van der Waals surface area contributed by atoms with E-state index in [2.05, 4.69) is 5.32 Å². The summed E-state index contributed by atoms with van der Waals surface area (Å²) in [6.45, 7) is 1.29. The average Bonchev–Trinajstić information content (AvgIpc) is 3.07. The van der Waals surface area contributed by atoms with Crippen LogP contribution >= 0.6 is 11.3 Å². The Hall–Kier alpha value is -2.51. The number of halogens is 2. The van der Waals surface area contributed by atoms with Gasteiger partial charge in [-0.2, -0.15) is 0 Å². The summed E-state index contributed by atoms with van der Waals surface area (Å²) in [7, 11) is 3.76. The molecule has 2 aromatic carbocycles. The van der Waals surface area contributed by atoms with Crippen molar-refractivity contribution >= 4 is 27.3 Å². The maximum atomic E-state index is 13.6. The molecule has 0 saturated carbocycles. The molecule has 0 unspecified atom stereocenters. The van der Waals surface area contributed by atoms with Crippen LogP contribution in [-0.4, -0.2) is 38.0 Å². The molecule has 0 atom stereocenters. The number of carbonyl (C=O) groups is 1. The number of likely N-dealkylation sites (N-methyl/N-ethyl adjacent to an activating group) is 1. The van der Waals surface area contributed by atoms with Crippen LogP contribution in [0.3, 0.4) is 0 Å². The van der Waals surface area contributed by atoms with Gasteiger partial charge >= 0.3 is 0 Å². The molecular weight excluding hydrogens is 382 g/mol. The molecule has 0 fully saturated rings. The fraction of sp³-hybridized carbons (Fsp3) is 0.286. The second-order valence-corrected chi connectivity index (χ2v) is 7.69. The lowest BCUT2D eigenvalue weighted by Gasteiger charge is -2.12. The third-order valence-electron chi connectivity index (χ3n) is 4.21. The van der Waals surface area contributed by atoms with Crippen molar-refractivity contribution < 1.29 is 18.3 Å². The fourth-order valence-corrected chi connectivity index (χ4v) is 3.93. The molecule has 3 aromatic rings. The van der Waals surface area contributed by atoms with Gasteiger partial charge in [0.1, 0.15) is 12.4 Å². The van der Waals surface area contributed by atoms with E-state index in [0.717, 1.165) is 16.9 Å². The second kappa shape index (κ2) is 9.12. The van der Waals surface area contributed by atoms with Crippen molar-refractivity contribution in [2.75, 3.05) is 27.2 Å². The highest BCUT2D eigenvalue weighted by atomic mass is 32.1. The Morgan fingerprint density at radius 3 is 2.57 bits per heavy atom. The molecule has 0 aliphatic carbocycles. The SMILES string of the molecule is CN(C)CCNC(=O)c1c(C(F)F)sc2cccc(OCc3ccccc3)c12. The van der Waals surface area contributed by atoms with E-state index >= 15 is 0 Å². The van der Waals surface area contributed by atoms with Crippen LogP contribution in [0.5, 0.6) is 5.75 Å². The smallest absolute Gasteiger partial charge is 0.273 e. The Bertz CT molecular complexity index is 942. The summed E-state index contributed by atoms with van der Waals surface area (Å²) >= 11 is 0.935. The molecule has 1 amide bonds. The molecule has 4 nitrogen and oxygen atoms in total. The van der Waals surface area contributed by atoms with Gasteiger partial charge in [-0.05, 0) is 31.8 Å². The molecule has 1 aromatic heterocycles. The van der Waals surface area contributed by atoms with E-state index in [-0.39, 0.29) is 10.4 Å². The largest absolute Gasteiger partial charge is 0.488 e. The molecule has 0 aliphatic rings. The molecule has 3 rings (SSSR count). The molecule has 1 heterocycles. The van der Waals surface area contributed by atoms with Crippen molar-refractivity contribution in [3.8, 4) is 5.75 Å². The van der Waals surface area contributed by atoms with E-state index < -0.39 is 12.3 Å². The number of carbonyl (C=O) groups excluding carboxylic acids is 1. The summed E-state index contributed by atoms with van der Waals surface area (Å²) in [5.41, 5.74) is 0.971. The number of thiophene rings is 1. The van der Waals surface area contributed by atoms with Crippen LogP contribution in [0.4, 0.5) is 8.78 Å². The number of nitrogens with zero attached hydrogens (tertiary/aromatic N) is 1. The van der Waals surface area contributed by atoms with E-state index in [1.807, 2.05) is 49.3 Å². The second-order valence-electron chi connectivity index (χ2n) is 6.60. The van der Waals surface area contributed by atoms with Crippen molar-refractivity contribution in [2.45, 2.75) is 13.0 Å². The van der Waals surface area contributed by atoms with Gasteiger partial charge in [0, 0.05) is 23.2 Å². The summed E-state index contributed by atoms with van der Waals surface area (Å²) in [6, 6.07) is 14.8. The highest BCUT2D eigenvalue weighted by molar-refractivity contribution is 7.19. The van der Waals surface area contributed by atoms with Crippen molar-refractivity contribution in [3.05, 3.63) is 64.5 Å². The Balaban J connectivity index is 1.95. The first-order valence-corrected chi connectivity index (χ1v) is 9.72. The predicted octanol–water partition coefficient (Wildman–Crippen LogP) is 4.71. The molecule has 148 valence electrons. The number of benzene rings is 2. The Morgan fingerprint density at radius 2 is 1.89 bits per heavy atom. The van der Waals surface area contributed by atoms with Gasteiger partial charge in [-0.1, -0.05) is 36.4 Å². The van der Waals surface area contributed by atoms with Gasteiger partial charge in [0.2, 0.25) is 0 Å². The van der Waals surface area contributed by atoms with Crippen LogP contribution in [0.1, 0.15) is 27.2 Å². The quantitative estimate of drug-likeness (QED) is 0.591. The monoisotopic (exact) mass is 404 g/mol. The molecule has 7 heteroatoms. The van der Waals surface area contributed by atoms with Crippen LogP contribution in [0.25, 0.3) is 10.1 Å². The zero-order chi connectivity index (χ0) is 20.1. The standard InChI is InChI=1S/C21H22F2N2O2S/c1-25(2)12-11-24-21(26)18-17-15(27-13-14-7-4-3-5-8-14)9-6-10-16(17)28-19(18)20(22)23/h3-10,20H,11-13H2,1-2H3,(H,24,26). The Morgan fingerprint density at radius 1 is 1.14 bits per heavy atom.